The molecule has 5 rings (SSSR count). The van der Waals surface area contributed by atoms with Gasteiger partial charge in [0.15, 0.2) is 0 Å². The number of benzene rings is 3. The van der Waals surface area contributed by atoms with Crippen LogP contribution in [0.3, 0.4) is 0 Å². The van der Waals surface area contributed by atoms with E-state index in [1.54, 1.807) is 17.2 Å². The van der Waals surface area contributed by atoms with Crippen LogP contribution < -0.4 is 10.2 Å². The van der Waals surface area contributed by atoms with E-state index in [2.05, 4.69) is 10.3 Å². The van der Waals surface area contributed by atoms with Crippen molar-refractivity contribution in [1.82, 2.24) is 4.98 Å². The zero-order chi connectivity index (χ0) is 25.3. The molecule has 1 aromatic heterocycles. The number of pyridine rings is 1. The molecule has 0 saturated heterocycles. The molecule has 9 heteroatoms. The molecule has 4 aromatic rings. The second-order valence-electron chi connectivity index (χ2n) is 8.00. The Bertz CT molecular complexity index is 1460. The standard InChI is InChI=1S/C27H18F3N3O2S/c28-27(29,30)21-8-3-2-7-20(21)24(34)32-19-13-11-17(12-14-19)26(35)33-16-18-6-1-4-10-23(18)36-25-22(33)9-5-15-31-25/h1-15H,16H2,(H,32,34). The van der Waals surface area contributed by atoms with Gasteiger partial charge in [0.25, 0.3) is 11.8 Å². The molecule has 0 spiro atoms. The van der Waals surface area contributed by atoms with Crippen molar-refractivity contribution < 1.29 is 22.8 Å². The van der Waals surface area contributed by atoms with Crippen LogP contribution in [0.5, 0.6) is 0 Å². The fourth-order valence-corrected chi connectivity index (χ4v) is 4.93. The molecule has 0 saturated carbocycles. The monoisotopic (exact) mass is 505 g/mol. The highest BCUT2D eigenvalue weighted by molar-refractivity contribution is 7.99. The quantitative estimate of drug-likeness (QED) is 0.338. The molecule has 1 aliphatic rings. The van der Waals surface area contributed by atoms with Crippen molar-refractivity contribution in [3.63, 3.8) is 0 Å². The van der Waals surface area contributed by atoms with Gasteiger partial charge in [0, 0.05) is 22.3 Å². The summed E-state index contributed by atoms with van der Waals surface area (Å²) in [4.78, 5) is 33.2. The average Bonchev–Trinajstić information content (AvgIpc) is 3.05. The van der Waals surface area contributed by atoms with Gasteiger partial charge in [0.05, 0.1) is 23.4 Å². The Morgan fingerprint density at radius 1 is 0.889 bits per heavy atom. The van der Waals surface area contributed by atoms with E-state index in [4.69, 9.17) is 0 Å². The Labute approximate surface area is 209 Å². The number of aromatic nitrogens is 1. The zero-order valence-electron chi connectivity index (χ0n) is 18.6. The normalized spacial score (nSPS) is 12.8. The summed E-state index contributed by atoms with van der Waals surface area (Å²) in [6.45, 7) is 0.355. The Balaban J connectivity index is 1.39. The Hall–Kier alpha value is -4.11. The lowest BCUT2D eigenvalue weighted by molar-refractivity contribution is -0.137. The minimum Gasteiger partial charge on any atom is -0.322 e. The van der Waals surface area contributed by atoms with Gasteiger partial charge in [-0.3, -0.25) is 9.59 Å². The third-order valence-corrected chi connectivity index (χ3v) is 6.79. The predicted octanol–water partition coefficient (Wildman–Crippen LogP) is 6.66. The number of rotatable bonds is 3. The maximum atomic E-state index is 13.5. The summed E-state index contributed by atoms with van der Waals surface area (Å²) in [6, 6.07) is 22.1. The molecule has 0 aliphatic carbocycles. The van der Waals surface area contributed by atoms with Gasteiger partial charge in [0.1, 0.15) is 5.03 Å². The second-order valence-corrected chi connectivity index (χ2v) is 9.03. The van der Waals surface area contributed by atoms with E-state index < -0.39 is 23.2 Å². The van der Waals surface area contributed by atoms with E-state index in [1.807, 2.05) is 30.3 Å². The first-order chi connectivity index (χ1) is 17.3. The number of nitrogens with zero attached hydrogens (tertiary/aromatic N) is 2. The van der Waals surface area contributed by atoms with Crippen LogP contribution in [0.1, 0.15) is 31.8 Å². The van der Waals surface area contributed by atoms with E-state index in [1.165, 1.54) is 48.2 Å². The van der Waals surface area contributed by atoms with Gasteiger partial charge in [-0.25, -0.2) is 4.98 Å². The molecule has 180 valence electrons. The highest BCUT2D eigenvalue weighted by atomic mass is 32.2. The van der Waals surface area contributed by atoms with Crippen LogP contribution in [0.2, 0.25) is 0 Å². The number of hydrogen-bond donors (Lipinski definition) is 1. The van der Waals surface area contributed by atoms with E-state index in [9.17, 15) is 22.8 Å². The summed E-state index contributed by atoms with van der Waals surface area (Å²) in [5.41, 5.74) is 0.817. The molecule has 3 aromatic carbocycles. The molecule has 0 bridgehead atoms. The van der Waals surface area contributed by atoms with Crippen molar-refractivity contribution >= 4 is 35.0 Å². The first kappa shape index (κ1) is 23.6. The van der Waals surface area contributed by atoms with Gasteiger partial charge in [-0.2, -0.15) is 13.2 Å². The minimum atomic E-state index is -4.65. The number of hydrogen-bond acceptors (Lipinski definition) is 4. The van der Waals surface area contributed by atoms with Gasteiger partial charge >= 0.3 is 6.18 Å². The number of nitrogens with one attached hydrogen (secondary N) is 1. The maximum absolute atomic E-state index is 13.5. The summed E-state index contributed by atoms with van der Waals surface area (Å²) < 4.78 is 39.8. The van der Waals surface area contributed by atoms with Gasteiger partial charge in [-0.05, 0) is 60.2 Å². The molecule has 36 heavy (non-hydrogen) atoms. The van der Waals surface area contributed by atoms with Crippen molar-refractivity contribution in [2.45, 2.75) is 22.6 Å². The number of alkyl halides is 3. The summed E-state index contributed by atoms with van der Waals surface area (Å²) in [6.07, 6.45) is -2.98. The van der Waals surface area contributed by atoms with Crippen molar-refractivity contribution in [2.75, 3.05) is 10.2 Å². The molecule has 2 amide bonds. The van der Waals surface area contributed by atoms with Gasteiger partial charge < -0.3 is 10.2 Å². The number of carbonyl (C=O) groups is 2. The SMILES string of the molecule is O=C(Nc1ccc(C(=O)N2Cc3ccccc3Sc3ncccc32)cc1)c1ccccc1C(F)(F)F. The molecule has 0 unspecified atom stereocenters. The van der Waals surface area contributed by atoms with Crippen LogP contribution in [0.25, 0.3) is 0 Å². The van der Waals surface area contributed by atoms with Crippen LogP contribution in [0.4, 0.5) is 24.5 Å². The number of fused-ring (bicyclic) bond motifs is 2. The molecule has 5 nitrogen and oxygen atoms in total. The van der Waals surface area contributed by atoms with Crippen LogP contribution >= 0.6 is 11.8 Å². The van der Waals surface area contributed by atoms with E-state index in [0.717, 1.165) is 22.6 Å². The maximum Gasteiger partial charge on any atom is 0.417 e. The molecule has 0 atom stereocenters. The highest BCUT2D eigenvalue weighted by Gasteiger charge is 2.35. The first-order valence-corrected chi connectivity index (χ1v) is 11.7. The zero-order valence-corrected chi connectivity index (χ0v) is 19.4. The topological polar surface area (TPSA) is 62.3 Å². The van der Waals surface area contributed by atoms with Crippen LogP contribution in [0, 0.1) is 0 Å². The van der Waals surface area contributed by atoms with Crippen LogP contribution in [-0.2, 0) is 12.7 Å². The Morgan fingerprint density at radius 3 is 2.39 bits per heavy atom. The molecule has 0 fully saturated rings. The van der Waals surface area contributed by atoms with Gasteiger partial charge in [-0.15, -0.1) is 0 Å². The van der Waals surface area contributed by atoms with E-state index in [0.29, 0.717) is 22.8 Å². The average molecular weight is 506 g/mol. The molecule has 0 radical (unpaired) electrons. The lowest BCUT2D eigenvalue weighted by Gasteiger charge is -2.22. The van der Waals surface area contributed by atoms with Crippen molar-refractivity contribution in [3.05, 3.63) is 113 Å². The van der Waals surface area contributed by atoms with Crippen LogP contribution in [-0.4, -0.2) is 16.8 Å². The summed E-state index contributed by atoms with van der Waals surface area (Å²) in [7, 11) is 0. The minimum absolute atomic E-state index is 0.262. The largest absolute Gasteiger partial charge is 0.417 e. The smallest absolute Gasteiger partial charge is 0.322 e. The van der Waals surface area contributed by atoms with Crippen LogP contribution in [0.15, 0.2) is 101 Å². The predicted molar refractivity (Wildman–Crippen MR) is 131 cm³/mol. The molecule has 1 N–H and O–H groups in total. The fraction of sp³-hybridized carbons (Fsp3) is 0.0741. The number of amides is 2. The number of halogens is 3. The summed E-state index contributed by atoms with van der Waals surface area (Å²) in [5.74, 6) is -1.15. The number of carbonyl (C=O) groups excluding carboxylic acids is 2. The van der Waals surface area contributed by atoms with Crippen molar-refractivity contribution in [2.24, 2.45) is 0 Å². The van der Waals surface area contributed by atoms with E-state index in [-0.39, 0.29) is 11.6 Å². The second kappa shape index (κ2) is 9.50. The Kier molecular flexibility index (Phi) is 6.24. The third kappa shape index (κ3) is 4.70. The van der Waals surface area contributed by atoms with Crippen molar-refractivity contribution in [1.29, 1.82) is 0 Å². The lowest BCUT2D eigenvalue weighted by atomic mass is 10.1. The Morgan fingerprint density at radius 2 is 1.61 bits per heavy atom. The molecule has 2 heterocycles. The fourth-order valence-electron chi connectivity index (χ4n) is 3.92. The van der Waals surface area contributed by atoms with Crippen molar-refractivity contribution in [3.8, 4) is 0 Å². The summed E-state index contributed by atoms with van der Waals surface area (Å²) >= 11 is 1.50. The first-order valence-electron chi connectivity index (χ1n) is 10.9. The lowest BCUT2D eigenvalue weighted by Crippen LogP contribution is -2.30. The number of anilines is 2. The highest BCUT2D eigenvalue weighted by Crippen LogP contribution is 2.40. The molecular formula is C27H18F3N3O2S. The summed E-state index contributed by atoms with van der Waals surface area (Å²) in [5, 5.41) is 3.19. The molecular weight excluding hydrogens is 487 g/mol. The molecule has 1 aliphatic heterocycles. The van der Waals surface area contributed by atoms with Gasteiger partial charge in [0.2, 0.25) is 0 Å². The third-order valence-electron chi connectivity index (χ3n) is 5.66. The van der Waals surface area contributed by atoms with Gasteiger partial charge in [-0.1, -0.05) is 42.1 Å². The van der Waals surface area contributed by atoms with E-state index >= 15 is 0 Å².